The number of benzene rings is 2. The molecule has 0 aliphatic carbocycles. The van der Waals surface area contributed by atoms with Crippen molar-refractivity contribution < 1.29 is 24.0 Å². The minimum Gasteiger partial charge on any atom is -0.352 e. The number of carbonyl (C=O) groups excluding carboxylic acids is 5. The third kappa shape index (κ3) is 5.08. The third-order valence-corrected chi connectivity index (χ3v) is 5.75. The monoisotopic (exact) mass is 448 g/mol. The summed E-state index contributed by atoms with van der Waals surface area (Å²) in [5, 5.41) is 8.41. The highest BCUT2D eigenvalue weighted by atomic mass is 16.2. The van der Waals surface area contributed by atoms with Gasteiger partial charge in [0.25, 0.3) is 11.8 Å². The number of hydrogen-bond donors (Lipinski definition) is 3. The van der Waals surface area contributed by atoms with Crippen molar-refractivity contribution in [3.8, 4) is 0 Å². The van der Waals surface area contributed by atoms with Gasteiger partial charge in [-0.05, 0) is 35.7 Å². The summed E-state index contributed by atoms with van der Waals surface area (Å²) in [6.45, 7) is 0.289. The fourth-order valence-electron chi connectivity index (χ4n) is 3.99. The second kappa shape index (κ2) is 9.64. The van der Waals surface area contributed by atoms with Crippen LogP contribution in [0.15, 0.2) is 48.5 Å². The normalized spacial score (nSPS) is 16.1. The summed E-state index contributed by atoms with van der Waals surface area (Å²) in [7, 11) is 0. The van der Waals surface area contributed by atoms with Crippen LogP contribution in [0.25, 0.3) is 0 Å². The van der Waals surface area contributed by atoms with E-state index < -0.39 is 11.9 Å². The molecule has 0 unspecified atom stereocenters. The highest BCUT2D eigenvalue weighted by Gasteiger charge is 2.31. The van der Waals surface area contributed by atoms with Gasteiger partial charge in [0, 0.05) is 37.1 Å². The molecule has 9 heteroatoms. The summed E-state index contributed by atoms with van der Waals surface area (Å²) in [6, 6.07) is 13.5. The molecule has 33 heavy (non-hydrogen) atoms. The molecular weight excluding hydrogens is 424 g/mol. The van der Waals surface area contributed by atoms with Gasteiger partial charge in [0.1, 0.15) is 6.54 Å². The summed E-state index contributed by atoms with van der Waals surface area (Å²) < 4.78 is 0. The van der Waals surface area contributed by atoms with E-state index in [0.717, 1.165) is 16.0 Å². The predicted molar refractivity (Wildman–Crippen MR) is 118 cm³/mol. The summed E-state index contributed by atoms with van der Waals surface area (Å²) in [4.78, 5) is 61.8. The number of fused-ring (bicyclic) bond motifs is 1. The van der Waals surface area contributed by atoms with E-state index >= 15 is 0 Å². The van der Waals surface area contributed by atoms with Crippen LogP contribution in [0.3, 0.4) is 0 Å². The Kier molecular flexibility index (Phi) is 6.48. The van der Waals surface area contributed by atoms with Crippen molar-refractivity contribution in [3.05, 3.63) is 70.8 Å². The van der Waals surface area contributed by atoms with Gasteiger partial charge in [-0.2, -0.15) is 0 Å². The van der Waals surface area contributed by atoms with E-state index in [1.54, 1.807) is 18.2 Å². The standard InChI is InChI=1S/C24H24N4O5/c29-20(14-28-21(30)8-9-22(28)31)27-19(15-4-2-1-3-5-15)13-26-23(32)17-6-7-18-16(12-17)10-11-25-24(18)33/h1-7,12,19H,8-11,13-14H2,(H,25,33)(H,26,32)(H,27,29)/t19-/m1/s1. The van der Waals surface area contributed by atoms with Crippen molar-refractivity contribution >= 4 is 29.5 Å². The molecule has 0 aromatic heterocycles. The molecule has 2 aliphatic rings. The van der Waals surface area contributed by atoms with E-state index in [-0.39, 0.29) is 49.6 Å². The zero-order valence-electron chi connectivity index (χ0n) is 17.9. The predicted octanol–water partition coefficient (Wildman–Crippen LogP) is 0.709. The van der Waals surface area contributed by atoms with Gasteiger partial charge < -0.3 is 16.0 Å². The van der Waals surface area contributed by atoms with Gasteiger partial charge in [0.2, 0.25) is 17.7 Å². The molecule has 5 amide bonds. The molecule has 2 aromatic rings. The number of rotatable bonds is 7. The Morgan fingerprint density at radius 1 is 0.970 bits per heavy atom. The molecule has 170 valence electrons. The molecule has 0 bridgehead atoms. The first kappa shape index (κ1) is 22.2. The van der Waals surface area contributed by atoms with Gasteiger partial charge >= 0.3 is 0 Å². The maximum Gasteiger partial charge on any atom is 0.251 e. The zero-order chi connectivity index (χ0) is 23.4. The molecule has 1 fully saturated rings. The zero-order valence-corrected chi connectivity index (χ0v) is 17.9. The fraction of sp³-hybridized carbons (Fsp3) is 0.292. The van der Waals surface area contributed by atoms with Gasteiger partial charge in [-0.1, -0.05) is 30.3 Å². The van der Waals surface area contributed by atoms with Crippen LogP contribution in [0.4, 0.5) is 0 Å². The number of amides is 5. The Bertz CT molecular complexity index is 1100. The van der Waals surface area contributed by atoms with Gasteiger partial charge in [0.15, 0.2) is 0 Å². The van der Waals surface area contributed by atoms with E-state index in [0.29, 0.717) is 24.1 Å². The first-order valence-electron chi connectivity index (χ1n) is 10.8. The average molecular weight is 448 g/mol. The first-order valence-corrected chi connectivity index (χ1v) is 10.8. The van der Waals surface area contributed by atoms with Gasteiger partial charge in [-0.15, -0.1) is 0 Å². The average Bonchev–Trinajstić information content (AvgIpc) is 3.14. The summed E-state index contributed by atoms with van der Waals surface area (Å²) in [6.07, 6.45) is 0.887. The van der Waals surface area contributed by atoms with Crippen molar-refractivity contribution in [1.82, 2.24) is 20.9 Å². The lowest BCUT2D eigenvalue weighted by atomic mass is 9.97. The number of nitrogens with zero attached hydrogens (tertiary/aromatic N) is 1. The van der Waals surface area contributed by atoms with Crippen molar-refractivity contribution in [3.63, 3.8) is 0 Å². The Balaban J connectivity index is 1.43. The summed E-state index contributed by atoms with van der Waals surface area (Å²) in [5.41, 5.74) is 2.58. The van der Waals surface area contributed by atoms with Crippen LogP contribution in [0.5, 0.6) is 0 Å². The molecular formula is C24H24N4O5. The first-order chi connectivity index (χ1) is 15.9. The molecule has 1 saturated heterocycles. The Hall–Kier alpha value is -4.01. The van der Waals surface area contributed by atoms with Crippen LogP contribution in [-0.2, 0) is 20.8 Å². The third-order valence-electron chi connectivity index (χ3n) is 5.75. The Morgan fingerprint density at radius 3 is 2.42 bits per heavy atom. The lowest BCUT2D eigenvalue weighted by Gasteiger charge is -2.22. The van der Waals surface area contributed by atoms with E-state index in [1.807, 2.05) is 30.3 Å². The Morgan fingerprint density at radius 2 is 1.70 bits per heavy atom. The van der Waals surface area contributed by atoms with Gasteiger partial charge in [-0.3, -0.25) is 28.9 Å². The van der Waals surface area contributed by atoms with E-state index in [2.05, 4.69) is 16.0 Å². The molecule has 4 rings (SSSR count). The molecule has 9 nitrogen and oxygen atoms in total. The van der Waals surface area contributed by atoms with E-state index in [1.165, 1.54) is 0 Å². The maximum atomic E-state index is 12.8. The van der Waals surface area contributed by atoms with Crippen molar-refractivity contribution in [2.75, 3.05) is 19.6 Å². The smallest absolute Gasteiger partial charge is 0.251 e. The minimum absolute atomic E-state index is 0.105. The fourth-order valence-corrected chi connectivity index (χ4v) is 3.99. The van der Waals surface area contributed by atoms with E-state index in [9.17, 15) is 24.0 Å². The van der Waals surface area contributed by atoms with Gasteiger partial charge in [-0.25, -0.2) is 0 Å². The highest BCUT2D eigenvalue weighted by molar-refractivity contribution is 6.04. The topological polar surface area (TPSA) is 125 Å². The summed E-state index contributed by atoms with van der Waals surface area (Å²) in [5.74, 6) is -1.68. The van der Waals surface area contributed by atoms with E-state index in [4.69, 9.17) is 0 Å². The second-order valence-electron chi connectivity index (χ2n) is 7.99. The lowest BCUT2D eigenvalue weighted by Crippen LogP contribution is -2.44. The van der Waals surface area contributed by atoms with Crippen LogP contribution >= 0.6 is 0 Å². The molecule has 1 atom stereocenters. The minimum atomic E-state index is -0.557. The summed E-state index contributed by atoms with van der Waals surface area (Å²) >= 11 is 0. The van der Waals surface area contributed by atoms with Crippen LogP contribution in [0, 0.1) is 0 Å². The molecule has 0 saturated carbocycles. The molecule has 2 aliphatic heterocycles. The lowest BCUT2D eigenvalue weighted by molar-refractivity contribution is -0.142. The van der Waals surface area contributed by atoms with Crippen LogP contribution in [-0.4, -0.2) is 54.1 Å². The quantitative estimate of drug-likeness (QED) is 0.538. The molecule has 0 spiro atoms. The van der Waals surface area contributed by atoms with Crippen molar-refractivity contribution in [1.29, 1.82) is 0 Å². The van der Waals surface area contributed by atoms with Crippen molar-refractivity contribution in [2.24, 2.45) is 0 Å². The molecule has 2 aromatic carbocycles. The number of likely N-dealkylation sites (tertiary alicyclic amines) is 1. The number of hydrogen-bond acceptors (Lipinski definition) is 5. The second-order valence-corrected chi connectivity index (χ2v) is 7.99. The van der Waals surface area contributed by atoms with Crippen LogP contribution < -0.4 is 16.0 Å². The van der Waals surface area contributed by atoms with Crippen LogP contribution in [0.2, 0.25) is 0 Å². The molecule has 3 N–H and O–H groups in total. The SMILES string of the molecule is O=C(CN1C(=O)CCC1=O)N[C@H](CNC(=O)c1ccc2c(c1)CCNC2=O)c1ccccc1. The highest BCUT2D eigenvalue weighted by Crippen LogP contribution is 2.17. The molecule has 2 heterocycles. The van der Waals surface area contributed by atoms with Gasteiger partial charge in [0.05, 0.1) is 6.04 Å². The Labute approximate surface area is 190 Å². The number of carbonyl (C=O) groups is 5. The van der Waals surface area contributed by atoms with Crippen LogP contribution in [0.1, 0.15) is 50.7 Å². The number of imide groups is 1. The molecule has 0 radical (unpaired) electrons. The number of nitrogens with one attached hydrogen (secondary N) is 3. The largest absolute Gasteiger partial charge is 0.352 e. The van der Waals surface area contributed by atoms with Crippen molar-refractivity contribution in [2.45, 2.75) is 25.3 Å². The maximum absolute atomic E-state index is 12.8.